The molecule has 0 amide bonds. The van der Waals surface area contributed by atoms with Crippen LogP contribution < -0.4 is 10.5 Å². The standard InChI is InChI=1S/C17H18N6O2/c1-11-21-17(25-22-11)12-4-5-15(18-8-12)23-6-2-3-13(9-23)14-7-16(24)20-10-19-14/h4-5,7-8,10,13H,2-3,6,9H2,1H3,(H,19,20,24). The fourth-order valence-electron chi connectivity index (χ4n) is 3.15. The maximum absolute atomic E-state index is 11.5. The van der Waals surface area contributed by atoms with Crippen LogP contribution in [0.5, 0.6) is 0 Å². The van der Waals surface area contributed by atoms with Crippen LogP contribution in [0.25, 0.3) is 11.5 Å². The van der Waals surface area contributed by atoms with Crippen LogP contribution in [0.4, 0.5) is 5.82 Å². The zero-order chi connectivity index (χ0) is 17.2. The Morgan fingerprint density at radius 3 is 2.96 bits per heavy atom. The molecule has 8 nitrogen and oxygen atoms in total. The van der Waals surface area contributed by atoms with Gasteiger partial charge in [-0.25, -0.2) is 9.97 Å². The molecule has 0 aliphatic carbocycles. The normalized spacial score (nSPS) is 17.6. The van der Waals surface area contributed by atoms with Gasteiger partial charge in [-0.2, -0.15) is 4.98 Å². The fraction of sp³-hybridized carbons (Fsp3) is 0.353. The number of aromatic nitrogens is 5. The zero-order valence-corrected chi connectivity index (χ0v) is 13.8. The molecule has 0 spiro atoms. The summed E-state index contributed by atoms with van der Waals surface area (Å²) in [6.45, 7) is 3.51. The van der Waals surface area contributed by atoms with Crippen molar-refractivity contribution in [1.29, 1.82) is 0 Å². The molecule has 1 atom stereocenters. The Kier molecular flexibility index (Phi) is 4.01. The molecular weight excluding hydrogens is 320 g/mol. The third kappa shape index (κ3) is 3.28. The van der Waals surface area contributed by atoms with Gasteiger partial charge < -0.3 is 14.4 Å². The SMILES string of the molecule is Cc1noc(-c2ccc(N3CCCC(c4cc(=O)[nH]cn4)C3)nc2)n1. The lowest BCUT2D eigenvalue weighted by atomic mass is 9.94. The van der Waals surface area contributed by atoms with E-state index >= 15 is 0 Å². The smallest absolute Gasteiger partial charge is 0.259 e. The highest BCUT2D eigenvalue weighted by atomic mass is 16.5. The van der Waals surface area contributed by atoms with E-state index in [-0.39, 0.29) is 11.5 Å². The summed E-state index contributed by atoms with van der Waals surface area (Å²) in [5.74, 6) is 2.20. The van der Waals surface area contributed by atoms with Gasteiger partial charge in [0.15, 0.2) is 5.82 Å². The van der Waals surface area contributed by atoms with E-state index in [0.717, 1.165) is 43.0 Å². The number of anilines is 1. The molecule has 3 aromatic rings. The van der Waals surface area contributed by atoms with Crippen LogP contribution in [0.3, 0.4) is 0 Å². The molecule has 0 saturated carbocycles. The lowest BCUT2D eigenvalue weighted by molar-refractivity contribution is 0.425. The molecule has 1 aliphatic heterocycles. The molecule has 0 bridgehead atoms. The van der Waals surface area contributed by atoms with E-state index in [1.807, 2.05) is 12.1 Å². The van der Waals surface area contributed by atoms with Crippen LogP contribution in [0.1, 0.15) is 30.3 Å². The molecular formula is C17H18N6O2. The number of aryl methyl sites for hydroxylation is 1. The van der Waals surface area contributed by atoms with Crippen LogP contribution in [-0.2, 0) is 0 Å². The molecule has 25 heavy (non-hydrogen) atoms. The Labute approximate surface area is 143 Å². The van der Waals surface area contributed by atoms with Gasteiger partial charge in [-0.1, -0.05) is 5.16 Å². The molecule has 128 valence electrons. The van der Waals surface area contributed by atoms with E-state index in [1.54, 1.807) is 19.2 Å². The minimum atomic E-state index is -0.112. The topological polar surface area (TPSA) is 101 Å². The highest BCUT2D eigenvalue weighted by molar-refractivity contribution is 5.54. The highest BCUT2D eigenvalue weighted by Crippen LogP contribution is 2.28. The number of nitrogens with one attached hydrogen (secondary N) is 1. The predicted molar refractivity (Wildman–Crippen MR) is 91.3 cm³/mol. The van der Waals surface area contributed by atoms with Gasteiger partial charge in [0, 0.05) is 31.3 Å². The van der Waals surface area contributed by atoms with Gasteiger partial charge in [-0.05, 0) is 31.9 Å². The summed E-state index contributed by atoms with van der Waals surface area (Å²) in [7, 11) is 0. The van der Waals surface area contributed by atoms with Crippen molar-refractivity contribution >= 4 is 5.82 Å². The Balaban J connectivity index is 1.52. The van der Waals surface area contributed by atoms with E-state index in [1.165, 1.54) is 6.33 Å². The molecule has 1 fully saturated rings. The highest BCUT2D eigenvalue weighted by Gasteiger charge is 2.23. The summed E-state index contributed by atoms with van der Waals surface area (Å²) in [5.41, 5.74) is 1.53. The summed E-state index contributed by atoms with van der Waals surface area (Å²) in [6, 6.07) is 5.48. The van der Waals surface area contributed by atoms with E-state index in [0.29, 0.717) is 11.7 Å². The monoisotopic (exact) mass is 338 g/mol. The zero-order valence-electron chi connectivity index (χ0n) is 13.8. The van der Waals surface area contributed by atoms with Gasteiger partial charge in [-0.3, -0.25) is 4.79 Å². The Morgan fingerprint density at radius 1 is 1.32 bits per heavy atom. The molecule has 1 N–H and O–H groups in total. The average Bonchev–Trinajstić information content (AvgIpc) is 3.08. The average molecular weight is 338 g/mol. The Bertz CT molecular complexity index is 917. The minimum Gasteiger partial charge on any atom is -0.356 e. The van der Waals surface area contributed by atoms with Crippen molar-refractivity contribution in [3.05, 3.63) is 52.6 Å². The van der Waals surface area contributed by atoms with Crippen LogP contribution in [-0.4, -0.2) is 38.2 Å². The number of piperidine rings is 1. The molecule has 4 rings (SSSR count). The van der Waals surface area contributed by atoms with Crippen molar-refractivity contribution in [3.8, 4) is 11.5 Å². The molecule has 1 saturated heterocycles. The Morgan fingerprint density at radius 2 is 2.24 bits per heavy atom. The first-order valence-electron chi connectivity index (χ1n) is 8.25. The second-order valence-electron chi connectivity index (χ2n) is 6.17. The van der Waals surface area contributed by atoms with Gasteiger partial charge in [0.25, 0.3) is 11.4 Å². The second-order valence-corrected chi connectivity index (χ2v) is 6.17. The quantitative estimate of drug-likeness (QED) is 0.778. The molecule has 8 heteroatoms. The molecule has 3 aromatic heterocycles. The van der Waals surface area contributed by atoms with Crippen LogP contribution in [0, 0.1) is 6.92 Å². The van der Waals surface area contributed by atoms with Crippen molar-refractivity contribution in [3.63, 3.8) is 0 Å². The molecule has 1 aliphatic rings. The summed E-state index contributed by atoms with van der Waals surface area (Å²) in [4.78, 5) is 29.4. The van der Waals surface area contributed by atoms with Crippen LogP contribution in [0.15, 0.2) is 40.0 Å². The van der Waals surface area contributed by atoms with Crippen LogP contribution in [0.2, 0.25) is 0 Å². The molecule has 0 aromatic carbocycles. The number of rotatable bonds is 3. The van der Waals surface area contributed by atoms with Crippen molar-refractivity contribution in [2.24, 2.45) is 0 Å². The minimum absolute atomic E-state index is 0.112. The van der Waals surface area contributed by atoms with Gasteiger partial charge in [0.2, 0.25) is 0 Å². The summed E-state index contributed by atoms with van der Waals surface area (Å²) < 4.78 is 5.17. The molecule has 1 unspecified atom stereocenters. The summed E-state index contributed by atoms with van der Waals surface area (Å²) >= 11 is 0. The van der Waals surface area contributed by atoms with E-state index in [2.05, 4.69) is 30.0 Å². The second kappa shape index (κ2) is 6.46. The van der Waals surface area contributed by atoms with Crippen molar-refractivity contribution in [1.82, 2.24) is 25.1 Å². The van der Waals surface area contributed by atoms with Gasteiger partial charge in [-0.15, -0.1) is 0 Å². The van der Waals surface area contributed by atoms with Gasteiger partial charge in [0.05, 0.1) is 17.6 Å². The van der Waals surface area contributed by atoms with Crippen LogP contribution >= 0.6 is 0 Å². The maximum atomic E-state index is 11.5. The van der Waals surface area contributed by atoms with Crippen molar-refractivity contribution in [2.75, 3.05) is 18.0 Å². The van der Waals surface area contributed by atoms with Crippen molar-refractivity contribution in [2.45, 2.75) is 25.7 Å². The summed E-state index contributed by atoms with van der Waals surface area (Å²) in [6.07, 6.45) is 5.27. The number of hydrogen-bond donors (Lipinski definition) is 1. The van der Waals surface area contributed by atoms with E-state index in [4.69, 9.17) is 4.52 Å². The third-order valence-electron chi connectivity index (χ3n) is 4.39. The fourth-order valence-corrected chi connectivity index (χ4v) is 3.15. The lowest BCUT2D eigenvalue weighted by Gasteiger charge is -2.33. The maximum Gasteiger partial charge on any atom is 0.259 e. The number of H-pyrrole nitrogens is 1. The first-order chi connectivity index (χ1) is 12.2. The lowest BCUT2D eigenvalue weighted by Crippen LogP contribution is -2.35. The first-order valence-corrected chi connectivity index (χ1v) is 8.25. The van der Waals surface area contributed by atoms with Crippen molar-refractivity contribution < 1.29 is 4.52 Å². The Hall–Kier alpha value is -3.03. The molecule has 0 radical (unpaired) electrons. The number of aromatic amines is 1. The first kappa shape index (κ1) is 15.5. The number of nitrogens with zero attached hydrogens (tertiary/aromatic N) is 5. The van der Waals surface area contributed by atoms with Gasteiger partial charge >= 0.3 is 0 Å². The predicted octanol–water partition coefficient (Wildman–Crippen LogP) is 1.91. The number of pyridine rings is 1. The van der Waals surface area contributed by atoms with E-state index < -0.39 is 0 Å². The molecule has 4 heterocycles. The largest absolute Gasteiger partial charge is 0.356 e. The van der Waals surface area contributed by atoms with Gasteiger partial charge in [0.1, 0.15) is 5.82 Å². The van der Waals surface area contributed by atoms with E-state index in [9.17, 15) is 4.79 Å². The number of hydrogen-bond acceptors (Lipinski definition) is 7. The third-order valence-corrected chi connectivity index (χ3v) is 4.39. The summed E-state index contributed by atoms with van der Waals surface area (Å²) in [5, 5.41) is 3.80.